The average molecular weight is 307 g/mol. The summed E-state index contributed by atoms with van der Waals surface area (Å²) in [5.74, 6) is -0.853. The quantitative estimate of drug-likeness (QED) is 0.622. The van der Waals surface area contributed by atoms with Crippen LogP contribution in [0.1, 0.15) is 26.2 Å². The molecule has 1 heterocycles. The summed E-state index contributed by atoms with van der Waals surface area (Å²) >= 11 is 0. The first-order chi connectivity index (χ1) is 9.31. The van der Waals surface area contributed by atoms with Crippen LogP contribution in [0.25, 0.3) is 0 Å². The number of sulfonamides is 1. The van der Waals surface area contributed by atoms with E-state index < -0.39 is 27.4 Å². The van der Waals surface area contributed by atoms with Crippen molar-refractivity contribution in [3.8, 4) is 0 Å². The Morgan fingerprint density at radius 3 is 2.25 bits per heavy atom. The number of rotatable bonds is 7. The summed E-state index contributed by atoms with van der Waals surface area (Å²) in [5, 5.41) is 0. The molecule has 116 valence electrons. The number of hydrogen-bond donors (Lipinski definition) is 0. The van der Waals surface area contributed by atoms with E-state index in [0.717, 1.165) is 0 Å². The zero-order valence-electron chi connectivity index (χ0n) is 12.0. The number of methoxy groups -OCH3 is 2. The largest absolute Gasteiger partial charge is 0.469 e. The highest BCUT2D eigenvalue weighted by Gasteiger charge is 2.53. The van der Waals surface area contributed by atoms with Gasteiger partial charge in [-0.3, -0.25) is 9.59 Å². The van der Waals surface area contributed by atoms with Crippen LogP contribution in [-0.4, -0.2) is 57.7 Å². The molecule has 1 aliphatic rings. The lowest BCUT2D eigenvalue weighted by atomic mass is 9.77. The van der Waals surface area contributed by atoms with Gasteiger partial charge in [0.15, 0.2) is 0 Å². The van der Waals surface area contributed by atoms with Crippen molar-refractivity contribution in [1.82, 2.24) is 4.31 Å². The fourth-order valence-corrected chi connectivity index (χ4v) is 3.92. The van der Waals surface area contributed by atoms with Crippen molar-refractivity contribution in [2.75, 3.05) is 33.1 Å². The van der Waals surface area contributed by atoms with Crippen LogP contribution in [0.3, 0.4) is 0 Å². The van der Waals surface area contributed by atoms with E-state index in [-0.39, 0.29) is 31.7 Å². The van der Waals surface area contributed by atoms with Gasteiger partial charge in [-0.05, 0) is 12.8 Å². The van der Waals surface area contributed by atoms with Gasteiger partial charge in [0.05, 0.1) is 25.4 Å². The smallest absolute Gasteiger partial charge is 0.314 e. The second-order valence-corrected chi connectivity index (χ2v) is 7.02. The lowest BCUT2D eigenvalue weighted by Crippen LogP contribution is -2.62. The molecule has 0 atom stereocenters. The Labute approximate surface area is 119 Å². The van der Waals surface area contributed by atoms with Crippen molar-refractivity contribution in [3.63, 3.8) is 0 Å². The first-order valence-corrected chi connectivity index (χ1v) is 8.05. The topological polar surface area (TPSA) is 90.0 Å². The number of nitrogens with zero attached hydrogens (tertiary/aromatic N) is 1. The Bertz CT molecular complexity index is 466. The predicted molar refractivity (Wildman–Crippen MR) is 71.3 cm³/mol. The van der Waals surface area contributed by atoms with Crippen molar-refractivity contribution in [3.05, 3.63) is 0 Å². The van der Waals surface area contributed by atoms with Crippen LogP contribution < -0.4 is 0 Å². The Morgan fingerprint density at radius 2 is 1.80 bits per heavy atom. The molecule has 1 saturated heterocycles. The normalized spacial score (nSPS) is 18.1. The third-order valence-electron chi connectivity index (χ3n) is 3.47. The summed E-state index contributed by atoms with van der Waals surface area (Å²) in [5.41, 5.74) is -0.927. The second-order valence-electron chi connectivity index (χ2n) is 4.93. The minimum atomic E-state index is -3.32. The standard InChI is InChI=1S/C12H21NO6S/c1-4-7-20(16,17)13-8-12(9-13,11(15)19-3)6-5-10(14)18-2/h4-9H2,1-3H3. The van der Waals surface area contributed by atoms with Crippen LogP contribution in [0.5, 0.6) is 0 Å². The van der Waals surface area contributed by atoms with E-state index >= 15 is 0 Å². The van der Waals surface area contributed by atoms with Crippen molar-refractivity contribution in [1.29, 1.82) is 0 Å². The van der Waals surface area contributed by atoms with E-state index in [2.05, 4.69) is 4.74 Å². The summed E-state index contributed by atoms with van der Waals surface area (Å²) in [6, 6.07) is 0. The Morgan fingerprint density at radius 1 is 1.20 bits per heavy atom. The monoisotopic (exact) mass is 307 g/mol. The van der Waals surface area contributed by atoms with Gasteiger partial charge in [-0.1, -0.05) is 6.92 Å². The maximum atomic E-state index is 11.9. The molecule has 0 spiro atoms. The van der Waals surface area contributed by atoms with Crippen molar-refractivity contribution >= 4 is 22.0 Å². The molecule has 0 aliphatic carbocycles. The molecule has 1 fully saturated rings. The molecule has 1 aliphatic heterocycles. The van der Waals surface area contributed by atoms with Gasteiger partial charge in [0.25, 0.3) is 0 Å². The average Bonchev–Trinajstić information content (AvgIpc) is 2.36. The van der Waals surface area contributed by atoms with Crippen LogP contribution >= 0.6 is 0 Å². The molecule has 8 heteroatoms. The van der Waals surface area contributed by atoms with Gasteiger partial charge in [-0.15, -0.1) is 0 Å². The Hall–Kier alpha value is -1.15. The van der Waals surface area contributed by atoms with E-state index in [1.165, 1.54) is 18.5 Å². The minimum Gasteiger partial charge on any atom is -0.469 e. The molecule has 1 rings (SSSR count). The highest BCUT2D eigenvalue weighted by molar-refractivity contribution is 7.89. The summed E-state index contributed by atoms with van der Waals surface area (Å²) in [7, 11) is -0.796. The van der Waals surface area contributed by atoms with Crippen molar-refractivity contribution in [2.24, 2.45) is 5.41 Å². The maximum absolute atomic E-state index is 11.9. The van der Waals surface area contributed by atoms with E-state index in [4.69, 9.17) is 4.74 Å². The molecular formula is C12H21NO6S. The molecule has 20 heavy (non-hydrogen) atoms. The Balaban J connectivity index is 2.73. The Kier molecular flexibility index (Phi) is 5.52. The fourth-order valence-electron chi connectivity index (χ4n) is 2.26. The zero-order valence-corrected chi connectivity index (χ0v) is 12.9. The highest BCUT2D eigenvalue weighted by atomic mass is 32.2. The molecule has 0 N–H and O–H groups in total. The molecule has 0 bridgehead atoms. The summed E-state index contributed by atoms with van der Waals surface area (Å²) in [6.07, 6.45) is 0.809. The van der Waals surface area contributed by atoms with Gasteiger partial charge < -0.3 is 9.47 Å². The molecule has 0 saturated carbocycles. The second kappa shape index (κ2) is 6.53. The van der Waals surface area contributed by atoms with E-state index in [0.29, 0.717) is 6.42 Å². The van der Waals surface area contributed by atoms with Gasteiger partial charge in [0.2, 0.25) is 10.0 Å². The van der Waals surface area contributed by atoms with Gasteiger partial charge in [0.1, 0.15) is 0 Å². The predicted octanol–water partition coefficient (Wildman–Crippen LogP) is 0.154. The van der Waals surface area contributed by atoms with Crippen LogP contribution in [0, 0.1) is 5.41 Å². The van der Waals surface area contributed by atoms with Crippen LogP contribution in [-0.2, 0) is 29.1 Å². The van der Waals surface area contributed by atoms with Gasteiger partial charge in [0, 0.05) is 19.5 Å². The molecular weight excluding hydrogens is 286 g/mol. The molecule has 0 unspecified atom stereocenters. The maximum Gasteiger partial charge on any atom is 0.314 e. The number of ether oxygens (including phenoxy) is 2. The minimum absolute atomic E-state index is 0.0568. The van der Waals surface area contributed by atoms with Gasteiger partial charge >= 0.3 is 11.9 Å². The third-order valence-corrected chi connectivity index (χ3v) is 5.44. The highest BCUT2D eigenvalue weighted by Crippen LogP contribution is 2.38. The van der Waals surface area contributed by atoms with Gasteiger partial charge in [-0.25, -0.2) is 8.42 Å². The lowest BCUT2D eigenvalue weighted by molar-refractivity contribution is -0.161. The molecule has 7 nitrogen and oxygen atoms in total. The third kappa shape index (κ3) is 3.49. The summed E-state index contributed by atoms with van der Waals surface area (Å²) < 4.78 is 34.3. The van der Waals surface area contributed by atoms with E-state index in [1.807, 2.05) is 0 Å². The summed E-state index contributed by atoms with van der Waals surface area (Å²) in [4.78, 5) is 23.0. The number of hydrogen-bond acceptors (Lipinski definition) is 6. The van der Waals surface area contributed by atoms with Crippen molar-refractivity contribution < 1.29 is 27.5 Å². The molecule has 0 aromatic heterocycles. The van der Waals surface area contributed by atoms with Crippen LogP contribution in [0.2, 0.25) is 0 Å². The number of carbonyl (C=O) groups excluding carboxylic acids is 2. The van der Waals surface area contributed by atoms with Crippen LogP contribution in [0.15, 0.2) is 0 Å². The summed E-state index contributed by atoms with van der Waals surface area (Å²) in [6.45, 7) is 1.92. The molecule has 0 aromatic rings. The van der Waals surface area contributed by atoms with Gasteiger partial charge in [-0.2, -0.15) is 4.31 Å². The molecule has 0 radical (unpaired) electrons. The number of esters is 2. The van der Waals surface area contributed by atoms with E-state index in [1.54, 1.807) is 6.92 Å². The lowest BCUT2D eigenvalue weighted by Gasteiger charge is -2.46. The fraction of sp³-hybridized carbons (Fsp3) is 0.833. The zero-order chi connectivity index (χ0) is 15.4. The van der Waals surface area contributed by atoms with E-state index in [9.17, 15) is 18.0 Å². The number of carbonyl (C=O) groups is 2. The molecule has 0 aromatic carbocycles. The SMILES string of the molecule is CCCS(=O)(=O)N1CC(CCC(=O)OC)(C(=O)OC)C1. The first-order valence-electron chi connectivity index (χ1n) is 6.44. The van der Waals surface area contributed by atoms with Crippen LogP contribution in [0.4, 0.5) is 0 Å². The molecule has 0 amide bonds. The van der Waals surface area contributed by atoms with Crippen molar-refractivity contribution in [2.45, 2.75) is 26.2 Å². The first kappa shape index (κ1) is 16.9.